The molecule has 0 aliphatic heterocycles. The first-order chi connectivity index (χ1) is 7.08. The summed E-state index contributed by atoms with van der Waals surface area (Å²) in [4.78, 5) is 11.4. The van der Waals surface area contributed by atoms with Crippen LogP contribution in [0.5, 0.6) is 5.75 Å². The lowest BCUT2D eigenvalue weighted by Gasteiger charge is -2.05. The zero-order valence-electron chi connectivity index (χ0n) is 9.10. The summed E-state index contributed by atoms with van der Waals surface area (Å²) in [6.45, 7) is 5.00. The lowest BCUT2D eigenvalue weighted by atomic mass is 10.2. The molecule has 0 aliphatic carbocycles. The Labute approximate surface area is 89.6 Å². The highest BCUT2D eigenvalue weighted by Gasteiger charge is 2.09. The van der Waals surface area contributed by atoms with Crippen molar-refractivity contribution in [3.05, 3.63) is 24.5 Å². The molecule has 0 bridgehead atoms. The number of aromatic nitrogens is 1. The molecule has 82 valence electrons. The summed E-state index contributed by atoms with van der Waals surface area (Å²) < 4.78 is 1.64. The molecule has 1 aromatic rings. The summed E-state index contributed by atoms with van der Waals surface area (Å²) in [5, 5.41) is 12.0. The number of hydrogen-bond acceptors (Lipinski definition) is 2. The molecule has 1 heterocycles. The van der Waals surface area contributed by atoms with Crippen molar-refractivity contribution in [2.75, 3.05) is 6.54 Å². The second-order valence-electron chi connectivity index (χ2n) is 3.93. The van der Waals surface area contributed by atoms with E-state index in [1.807, 2.05) is 13.8 Å². The van der Waals surface area contributed by atoms with E-state index in [0.29, 0.717) is 12.5 Å². The number of hydrogen-bond donors (Lipinski definition) is 2. The van der Waals surface area contributed by atoms with Gasteiger partial charge in [0.25, 0.3) is 5.91 Å². The summed E-state index contributed by atoms with van der Waals surface area (Å²) in [6.07, 6.45) is 3.27. The molecule has 15 heavy (non-hydrogen) atoms. The molecular weight excluding hydrogens is 192 g/mol. The molecule has 2 N–H and O–H groups in total. The fourth-order valence-electron chi connectivity index (χ4n) is 1.15. The molecule has 0 radical (unpaired) electrons. The van der Waals surface area contributed by atoms with Gasteiger partial charge < -0.3 is 10.4 Å². The molecule has 4 nitrogen and oxygen atoms in total. The SMILES string of the molecule is CC(C)CNC(=O)C[n+]1cccc(O)c1. The van der Waals surface area contributed by atoms with Crippen LogP contribution in [0, 0.1) is 5.92 Å². The van der Waals surface area contributed by atoms with Crippen LogP contribution < -0.4 is 9.88 Å². The number of amides is 1. The molecule has 1 amide bonds. The van der Waals surface area contributed by atoms with Gasteiger partial charge in [0, 0.05) is 12.6 Å². The van der Waals surface area contributed by atoms with Crippen LogP contribution >= 0.6 is 0 Å². The molecular formula is C11H17N2O2+. The Kier molecular flexibility index (Phi) is 4.09. The molecule has 1 rings (SSSR count). The fraction of sp³-hybridized carbons (Fsp3) is 0.455. The van der Waals surface area contributed by atoms with Gasteiger partial charge in [-0.3, -0.25) is 4.79 Å². The fourth-order valence-corrected chi connectivity index (χ4v) is 1.15. The second kappa shape index (κ2) is 5.34. The number of nitrogens with one attached hydrogen (secondary N) is 1. The van der Waals surface area contributed by atoms with Gasteiger partial charge in [-0.2, -0.15) is 4.57 Å². The van der Waals surface area contributed by atoms with E-state index in [1.165, 1.54) is 6.20 Å². The Hall–Kier alpha value is -1.58. The maximum Gasteiger partial charge on any atom is 0.286 e. The third kappa shape index (κ3) is 4.44. The van der Waals surface area contributed by atoms with Gasteiger partial charge in [0.15, 0.2) is 11.9 Å². The van der Waals surface area contributed by atoms with Gasteiger partial charge in [-0.15, -0.1) is 0 Å². The summed E-state index contributed by atoms with van der Waals surface area (Å²) in [5.74, 6) is 0.566. The number of nitrogens with zero attached hydrogens (tertiary/aromatic N) is 1. The summed E-state index contributed by atoms with van der Waals surface area (Å²) in [7, 11) is 0. The lowest BCUT2D eigenvalue weighted by Crippen LogP contribution is -2.43. The minimum atomic E-state index is -0.0423. The predicted molar refractivity (Wildman–Crippen MR) is 56.1 cm³/mol. The van der Waals surface area contributed by atoms with Crippen molar-refractivity contribution in [2.45, 2.75) is 20.4 Å². The molecule has 0 fully saturated rings. The van der Waals surface area contributed by atoms with Crippen LogP contribution in [0.3, 0.4) is 0 Å². The summed E-state index contributed by atoms with van der Waals surface area (Å²) in [6, 6.07) is 3.27. The Bertz CT molecular complexity index is 337. The number of pyridine rings is 1. The van der Waals surface area contributed by atoms with E-state index in [4.69, 9.17) is 0 Å². The van der Waals surface area contributed by atoms with Crippen LogP contribution in [0.25, 0.3) is 0 Å². The maximum atomic E-state index is 11.4. The molecule has 0 aromatic carbocycles. The van der Waals surface area contributed by atoms with Crippen LogP contribution in [0.15, 0.2) is 24.5 Å². The van der Waals surface area contributed by atoms with Gasteiger partial charge in [-0.25, -0.2) is 0 Å². The van der Waals surface area contributed by atoms with E-state index in [0.717, 1.165) is 0 Å². The topological polar surface area (TPSA) is 53.2 Å². The molecule has 0 aliphatic rings. The van der Waals surface area contributed by atoms with Crippen molar-refractivity contribution in [1.29, 1.82) is 0 Å². The van der Waals surface area contributed by atoms with Gasteiger partial charge in [0.05, 0.1) is 0 Å². The van der Waals surface area contributed by atoms with E-state index < -0.39 is 0 Å². The van der Waals surface area contributed by atoms with Crippen molar-refractivity contribution in [3.63, 3.8) is 0 Å². The smallest absolute Gasteiger partial charge is 0.286 e. The zero-order chi connectivity index (χ0) is 11.3. The average Bonchev–Trinajstić information content (AvgIpc) is 2.15. The first-order valence-electron chi connectivity index (χ1n) is 5.02. The highest BCUT2D eigenvalue weighted by Crippen LogP contribution is 1.99. The highest BCUT2D eigenvalue weighted by atomic mass is 16.3. The third-order valence-electron chi connectivity index (χ3n) is 1.88. The van der Waals surface area contributed by atoms with Crippen molar-refractivity contribution >= 4 is 5.91 Å². The Morgan fingerprint density at radius 1 is 1.60 bits per heavy atom. The monoisotopic (exact) mass is 209 g/mol. The summed E-state index contributed by atoms with van der Waals surface area (Å²) >= 11 is 0. The third-order valence-corrected chi connectivity index (χ3v) is 1.88. The minimum absolute atomic E-state index is 0.0423. The molecule has 4 heteroatoms. The standard InChI is InChI=1S/C11H16N2O2/c1-9(2)6-12-11(15)8-13-5-3-4-10(14)7-13/h3-5,7,9H,6,8H2,1-2H3,(H-,12,14,15)/p+1. The van der Waals surface area contributed by atoms with E-state index >= 15 is 0 Å². The van der Waals surface area contributed by atoms with Crippen LogP contribution in [0.2, 0.25) is 0 Å². The summed E-state index contributed by atoms with van der Waals surface area (Å²) in [5.41, 5.74) is 0. The molecule has 0 unspecified atom stereocenters. The van der Waals surface area contributed by atoms with Crippen LogP contribution in [-0.4, -0.2) is 17.6 Å². The maximum absolute atomic E-state index is 11.4. The molecule has 0 saturated heterocycles. The second-order valence-corrected chi connectivity index (χ2v) is 3.93. The van der Waals surface area contributed by atoms with Gasteiger partial charge in [-0.05, 0) is 12.0 Å². The normalized spacial score (nSPS) is 10.3. The minimum Gasteiger partial charge on any atom is -0.503 e. The van der Waals surface area contributed by atoms with E-state index in [2.05, 4.69) is 5.32 Å². The average molecular weight is 209 g/mol. The zero-order valence-corrected chi connectivity index (χ0v) is 9.10. The lowest BCUT2D eigenvalue weighted by molar-refractivity contribution is -0.684. The van der Waals surface area contributed by atoms with E-state index in [9.17, 15) is 9.90 Å². The highest BCUT2D eigenvalue weighted by molar-refractivity contribution is 5.74. The largest absolute Gasteiger partial charge is 0.503 e. The molecule has 1 aromatic heterocycles. The molecule has 0 atom stereocenters. The van der Waals surface area contributed by atoms with Gasteiger partial charge in [0.1, 0.15) is 0 Å². The van der Waals surface area contributed by atoms with E-state index in [-0.39, 0.29) is 18.2 Å². The molecule has 0 saturated carbocycles. The number of carbonyl (C=O) groups excluding carboxylic acids is 1. The van der Waals surface area contributed by atoms with E-state index in [1.54, 1.807) is 22.9 Å². The van der Waals surface area contributed by atoms with Crippen molar-refractivity contribution in [1.82, 2.24) is 5.32 Å². The van der Waals surface area contributed by atoms with Gasteiger partial charge >= 0.3 is 0 Å². The van der Waals surface area contributed by atoms with Crippen molar-refractivity contribution in [2.24, 2.45) is 5.92 Å². The Morgan fingerprint density at radius 2 is 2.33 bits per heavy atom. The van der Waals surface area contributed by atoms with Crippen LogP contribution in [-0.2, 0) is 11.3 Å². The number of carbonyl (C=O) groups is 1. The van der Waals surface area contributed by atoms with Crippen LogP contribution in [0.1, 0.15) is 13.8 Å². The first kappa shape index (κ1) is 11.5. The quantitative estimate of drug-likeness (QED) is 0.707. The predicted octanol–water partition coefficient (Wildman–Crippen LogP) is 0.452. The number of rotatable bonds is 4. The van der Waals surface area contributed by atoms with Gasteiger partial charge in [-0.1, -0.05) is 13.8 Å². The molecule has 0 spiro atoms. The number of aromatic hydroxyl groups is 1. The van der Waals surface area contributed by atoms with Gasteiger partial charge in [0.2, 0.25) is 12.7 Å². The first-order valence-corrected chi connectivity index (χ1v) is 5.02. The Balaban J connectivity index is 2.44. The Morgan fingerprint density at radius 3 is 2.93 bits per heavy atom. The van der Waals surface area contributed by atoms with Crippen molar-refractivity contribution in [3.8, 4) is 5.75 Å². The van der Waals surface area contributed by atoms with Crippen LogP contribution in [0.4, 0.5) is 0 Å². The van der Waals surface area contributed by atoms with Crippen molar-refractivity contribution < 1.29 is 14.5 Å².